The minimum absolute atomic E-state index is 0.0409. The number of aromatic nitrogens is 3. The van der Waals surface area contributed by atoms with E-state index in [1.807, 2.05) is 73.0 Å². The van der Waals surface area contributed by atoms with Gasteiger partial charge in [-0.15, -0.1) is 10.2 Å². The lowest BCUT2D eigenvalue weighted by Gasteiger charge is -2.20. The third-order valence-electron chi connectivity index (χ3n) is 4.66. The van der Waals surface area contributed by atoms with Gasteiger partial charge in [-0.1, -0.05) is 42.1 Å². The van der Waals surface area contributed by atoms with Crippen LogP contribution in [0, 0.1) is 0 Å². The molecular weight excluding hydrogens is 424 g/mol. The van der Waals surface area contributed by atoms with Crippen LogP contribution in [-0.4, -0.2) is 51.5 Å². The van der Waals surface area contributed by atoms with Gasteiger partial charge in [0.1, 0.15) is 18.1 Å². The smallest absolute Gasteiger partial charge is 0.233 e. The summed E-state index contributed by atoms with van der Waals surface area (Å²) in [5.74, 6) is 2.43. The molecule has 2 aromatic carbocycles. The monoisotopic (exact) mass is 452 g/mol. The number of thioether (sulfide) groups is 1. The molecule has 0 aliphatic rings. The first-order chi connectivity index (χ1) is 15.5. The average molecular weight is 453 g/mol. The van der Waals surface area contributed by atoms with Crippen molar-refractivity contribution in [1.82, 2.24) is 19.7 Å². The third-order valence-corrected chi connectivity index (χ3v) is 5.58. The molecule has 3 aromatic rings. The van der Waals surface area contributed by atoms with E-state index in [1.54, 1.807) is 12.0 Å². The van der Waals surface area contributed by atoms with Crippen molar-refractivity contribution in [3.63, 3.8) is 0 Å². The van der Waals surface area contributed by atoms with Gasteiger partial charge in [-0.05, 0) is 50.2 Å². The highest BCUT2D eigenvalue weighted by molar-refractivity contribution is 7.99. The molecule has 0 atom stereocenters. The Hall–Kier alpha value is -3.26. The number of hydrogen-bond acceptors (Lipinski definition) is 6. The first-order valence-electron chi connectivity index (χ1n) is 10.3. The van der Waals surface area contributed by atoms with Crippen molar-refractivity contribution in [3.05, 3.63) is 72.6 Å². The second-order valence-electron chi connectivity index (χ2n) is 7.19. The quantitative estimate of drug-likeness (QED) is 0.318. The second kappa shape index (κ2) is 11.4. The number of carbonyl (C=O) groups is 1. The van der Waals surface area contributed by atoms with Gasteiger partial charge in [0.25, 0.3) is 0 Å². The minimum atomic E-state index is 0.0409. The Morgan fingerprint density at radius 2 is 1.78 bits per heavy atom. The molecule has 1 amide bonds. The molecule has 0 aliphatic carbocycles. The number of likely N-dealkylation sites (N-methyl/N-ethyl adjacent to an activating group) is 1. The predicted octanol–water partition coefficient (Wildman–Crippen LogP) is 4.37. The number of rotatable bonds is 11. The SMILES string of the molecule is C=C(C)CN(CC)C(=O)CSc1nnc(COc2ccc(OC)cc2)n1-c1ccccc1. The standard InChI is InChI=1S/C24H28N4O3S/c1-5-27(15-18(2)3)23(29)17-32-24-26-25-22(28(24)19-9-7-6-8-10-19)16-31-21-13-11-20(30-4)12-14-21/h6-14H,2,5,15-17H2,1,3-4H3. The Kier molecular flexibility index (Phi) is 8.33. The molecule has 1 heterocycles. The Morgan fingerprint density at radius 1 is 1.09 bits per heavy atom. The molecule has 3 rings (SSSR count). The number of hydrogen-bond donors (Lipinski definition) is 0. The summed E-state index contributed by atoms with van der Waals surface area (Å²) in [4.78, 5) is 14.5. The Morgan fingerprint density at radius 3 is 2.41 bits per heavy atom. The van der Waals surface area contributed by atoms with Crippen molar-refractivity contribution in [2.75, 3.05) is 26.0 Å². The largest absolute Gasteiger partial charge is 0.497 e. The van der Waals surface area contributed by atoms with E-state index < -0.39 is 0 Å². The Bertz CT molecular complexity index is 1040. The van der Waals surface area contributed by atoms with Crippen molar-refractivity contribution < 1.29 is 14.3 Å². The lowest BCUT2D eigenvalue weighted by Crippen LogP contribution is -2.33. The van der Waals surface area contributed by atoms with Crippen LogP contribution >= 0.6 is 11.8 Å². The molecule has 8 heteroatoms. The zero-order valence-corrected chi connectivity index (χ0v) is 19.5. The van der Waals surface area contributed by atoms with Gasteiger partial charge in [-0.3, -0.25) is 9.36 Å². The Labute approximate surface area is 193 Å². The van der Waals surface area contributed by atoms with Gasteiger partial charge < -0.3 is 14.4 Å². The molecular formula is C24H28N4O3S. The van der Waals surface area contributed by atoms with Crippen molar-refractivity contribution in [3.8, 4) is 17.2 Å². The molecule has 1 aromatic heterocycles. The molecule has 0 aliphatic heterocycles. The van der Waals surface area contributed by atoms with E-state index >= 15 is 0 Å². The van der Waals surface area contributed by atoms with Crippen LogP contribution in [0.1, 0.15) is 19.7 Å². The van der Waals surface area contributed by atoms with Gasteiger partial charge in [0.2, 0.25) is 5.91 Å². The number of methoxy groups -OCH3 is 1. The molecule has 0 bridgehead atoms. The zero-order chi connectivity index (χ0) is 22.9. The normalized spacial score (nSPS) is 10.6. The molecule has 168 valence electrons. The molecule has 0 saturated carbocycles. The molecule has 0 fully saturated rings. The summed E-state index contributed by atoms with van der Waals surface area (Å²) < 4.78 is 13.0. The summed E-state index contributed by atoms with van der Waals surface area (Å²) >= 11 is 1.36. The lowest BCUT2D eigenvalue weighted by molar-refractivity contribution is -0.127. The van der Waals surface area contributed by atoms with Gasteiger partial charge in [0.05, 0.1) is 12.9 Å². The van der Waals surface area contributed by atoms with Crippen LogP contribution < -0.4 is 9.47 Å². The van der Waals surface area contributed by atoms with Crippen LogP contribution in [0.15, 0.2) is 71.9 Å². The third kappa shape index (κ3) is 6.13. The van der Waals surface area contributed by atoms with E-state index in [9.17, 15) is 4.79 Å². The topological polar surface area (TPSA) is 69.5 Å². The summed E-state index contributed by atoms with van der Waals surface area (Å²) in [6, 6.07) is 17.2. The number of nitrogens with zero attached hydrogens (tertiary/aromatic N) is 4. The molecule has 0 spiro atoms. The summed E-state index contributed by atoms with van der Waals surface area (Å²) in [5.41, 5.74) is 1.87. The highest BCUT2D eigenvalue weighted by Crippen LogP contribution is 2.24. The second-order valence-corrected chi connectivity index (χ2v) is 8.13. The van der Waals surface area contributed by atoms with Crippen molar-refractivity contribution in [1.29, 1.82) is 0 Å². The fourth-order valence-electron chi connectivity index (χ4n) is 3.06. The molecule has 0 saturated heterocycles. The van der Waals surface area contributed by atoms with Gasteiger partial charge in [-0.25, -0.2) is 0 Å². The number of carbonyl (C=O) groups excluding carboxylic acids is 1. The van der Waals surface area contributed by atoms with Gasteiger partial charge in [-0.2, -0.15) is 0 Å². The van der Waals surface area contributed by atoms with Crippen LogP contribution in [0.4, 0.5) is 0 Å². The van der Waals surface area contributed by atoms with Gasteiger partial charge in [0, 0.05) is 18.8 Å². The van der Waals surface area contributed by atoms with E-state index in [0.717, 1.165) is 17.0 Å². The van der Waals surface area contributed by atoms with Gasteiger partial charge in [0.15, 0.2) is 11.0 Å². The fourth-order valence-corrected chi connectivity index (χ4v) is 3.94. The minimum Gasteiger partial charge on any atom is -0.497 e. The van der Waals surface area contributed by atoms with Crippen LogP contribution in [0.5, 0.6) is 11.5 Å². The van der Waals surface area contributed by atoms with E-state index in [1.165, 1.54) is 11.8 Å². The van der Waals surface area contributed by atoms with Crippen LogP contribution in [0.3, 0.4) is 0 Å². The van der Waals surface area contributed by atoms with Gasteiger partial charge >= 0.3 is 0 Å². The summed E-state index contributed by atoms with van der Waals surface area (Å²) in [7, 11) is 1.63. The molecule has 32 heavy (non-hydrogen) atoms. The maximum absolute atomic E-state index is 12.7. The van der Waals surface area contributed by atoms with Crippen LogP contribution in [0.2, 0.25) is 0 Å². The maximum atomic E-state index is 12.7. The molecule has 7 nitrogen and oxygen atoms in total. The fraction of sp³-hybridized carbons (Fsp3) is 0.292. The predicted molar refractivity (Wildman–Crippen MR) is 126 cm³/mol. The van der Waals surface area contributed by atoms with E-state index in [-0.39, 0.29) is 18.3 Å². The summed E-state index contributed by atoms with van der Waals surface area (Å²) in [6.45, 7) is 9.22. The van der Waals surface area contributed by atoms with E-state index in [4.69, 9.17) is 9.47 Å². The number of amides is 1. The first kappa shape index (κ1) is 23.4. The van der Waals surface area contributed by atoms with Crippen molar-refractivity contribution >= 4 is 17.7 Å². The zero-order valence-electron chi connectivity index (χ0n) is 18.7. The molecule has 0 unspecified atom stereocenters. The van der Waals surface area contributed by atoms with Crippen LogP contribution in [-0.2, 0) is 11.4 Å². The summed E-state index contributed by atoms with van der Waals surface area (Å²) in [6.07, 6.45) is 0. The number of ether oxygens (including phenoxy) is 2. The Balaban J connectivity index is 1.77. The number of benzene rings is 2. The average Bonchev–Trinajstić information content (AvgIpc) is 3.23. The van der Waals surface area contributed by atoms with E-state index in [0.29, 0.717) is 29.8 Å². The lowest BCUT2D eigenvalue weighted by atomic mass is 10.3. The summed E-state index contributed by atoms with van der Waals surface area (Å²) in [5, 5.41) is 9.32. The number of para-hydroxylation sites is 1. The van der Waals surface area contributed by atoms with Crippen molar-refractivity contribution in [2.24, 2.45) is 0 Å². The highest BCUT2D eigenvalue weighted by Gasteiger charge is 2.18. The van der Waals surface area contributed by atoms with Crippen LogP contribution in [0.25, 0.3) is 5.69 Å². The van der Waals surface area contributed by atoms with E-state index in [2.05, 4.69) is 16.8 Å². The first-order valence-corrected chi connectivity index (χ1v) is 11.3. The van der Waals surface area contributed by atoms with Crippen molar-refractivity contribution in [2.45, 2.75) is 25.6 Å². The molecule has 0 N–H and O–H groups in total. The highest BCUT2D eigenvalue weighted by atomic mass is 32.2. The maximum Gasteiger partial charge on any atom is 0.233 e. The molecule has 0 radical (unpaired) electrons.